The van der Waals surface area contributed by atoms with Crippen molar-refractivity contribution >= 4 is 22.6 Å². The van der Waals surface area contributed by atoms with Crippen LogP contribution >= 0.6 is 0 Å². The number of hydrogen-bond acceptors (Lipinski definition) is 4. The van der Waals surface area contributed by atoms with Crippen LogP contribution in [0.15, 0.2) is 36.5 Å². The summed E-state index contributed by atoms with van der Waals surface area (Å²) in [6.45, 7) is 4.07. The molecule has 3 aromatic rings. The molecule has 0 fully saturated rings. The summed E-state index contributed by atoms with van der Waals surface area (Å²) in [5.74, 6) is 0.800. The highest BCUT2D eigenvalue weighted by Crippen LogP contribution is 2.43. The van der Waals surface area contributed by atoms with Crippen molar-refractivity contribution in [1.82, 2.24) is 14.5 Å². The van der Waals surface area contributed by atoms with Crippen molar-refractivity contribution < 1.29 is 9.90 Å². The summed E-state index contributed by atoms with van der Waals surface area (Å²) in [6, 6.07) is 9.73. The van der Waals surface area contributed by atoms with Crippen LogP contribution in [0.5, 0.6) is 0 Å². The minimum Gasteiger partial charge on any atom is -0.395 e. The van der Waals surface area contributed by atoms with Crippen LogP contribution in [-0.4, -0.2) is 38.7 Å². The SMILES string of the molecule is Cn1c(-c2ccccn2)nc2cc3c(cc21)C(C)(C)C(=O)N3CCO. The van der Waals surface area contributed by atoms with Gasteiger partial charge < -0.3 is 14.6 Å². The molecule has 4 rings (SSSR count). The Balaban J connectivity index is 1.95. The van der Waals surface area contributed by atoms with Gasteiger partial charge >= 0.3 is 0 Å². The molecule has 1 aromatic carbocycles. The third-order valence-corrected chi connectivity index (χ3v) is 4.96. The second-order valence-corrected chi connectivity index (χ2v) is 6.87. The first kappa shape index (κ1) is 15.8. The van der Waals surface area contributed by atoms with Crippen LogP contribution in [0, 0.1) is 0 Å². The molecule has 0 aliphatic carbocycles. The standard InChI is InChI=1S/C19H20N4O2/c1-19(2)12-10-16-14(11-15(12)23(8-9-24)18(19)25)21-17(22(16)3)13-6-4-5-7-20-13/h4-7,10-11,24H,8-9H2,1-3H3. The van der Waals surface area contributed by atoms with Gasteiger partial charge in [-0.1, -0.05) is 6.07 Å². The normalized spacial score (nSPS) is 15.8. The lowest BCUT2D eigenvalue weighted by atomic mass is 9.86. The predicted octanol–water partition coefficient (Wildman–Crippen LogP) is 2.25. The van der Waals surface area contributed by atoms with Gasteiger partial charge in [0.15, 0.2) is 5.82 Å². The van der Waals surface area contributed by atoms with E-state index in [1.54, 1.807) is 11.1 Å². The molecule has 3 heterocycles. The predicted molar refractivity (Wildman–Crippen MR) is 96.4 cm³/mol. The molecule has 6 nitrogen and oxygen atoms in total. The third-order valence-electron chi connectivity index (χ3n) is 4.96. The van der Waals surface area contributed by atoms with E-state index in [0.717, 1.165) is 33.8 Å². The van der Waals surface area contributed by atoms with Gasteiger partial charge in [-0.25, -0.2) is 4.98 Å². The number of rotatable bonds is 3. The van der Waals surface area contributed by atoms with Gasteiger partial charge in [-0.3, -0.25) is 9.78 Å². The molecule has 1 amide bonds. The molecule has 0 atom stereocenters. The lowest BCUT2D eigenvalue weighted by molar-refractivity contribution is -0.122. The van der Waals surface area contributed by atoms with Crippen LogP contribution in [0.4, 0.5) is 5.69 Å². The van der Waals surface area contributed by atoms with E-state index in [-0.39, 0.29) is 12.5 Å². The van der Waals surface area contributed by atoms with Crippen molar-refractivity contribution in [1.29, 1.82) is 0 Å². The van der Waals surface area contributed by atoms with E-state index in [2.05, 4.69) is 4.98 Å². The Labute approximate surface area is 145 Å². The molecule has 128 valence electrons. The van der Waals surface area contributed by atoms with Gasteiger partial charge in [-0.2, -0.15) is 0 Å². The van der Waals surface area contributed by atoms with Gasteiger partial charge in [-0.05, 0) is 43.7 Å². The highest BCUT2D eigenvalue weighted by molar-refractivity contribution is 6.09. The second-order valence-electron chi connectivity index (χ2n) is 6.87. The number of benzene rings is 1. The van der Waals surface area contributed by atoms with Crippen molar-refractivity contribution in [3.8, 4) is 11.5 Å². The number of aromatic nitrogens is 3. The number of β-amino-alcohol motifs (C(OH)–C–C–N with tert-alkyl or cyclic N) is 1. The summed E-state index contributed by atoms with van der Waals surface area (Å²) in [4.78, 5) is 23.5. The number of aliphatic hydroxyl groups is 1. The molecule has 1 aliphatic rings. The van der Waals surface area contributed by atoms with Gasteiger partial charge in [0, 0.05) is 19.8 Å². The fourth-order valence-electron chi connectivity index (χ4n) is 3.56. The highest BCUT2D eigenvalue weighted by Gasteiger charge is 2.44. The number of aryl methyl sites for hydroxylation is 1. The number of anilines is 1. The summed E-state index contributed by atoms with van der Waals surface area (Å²) in [7, 11) is 1.96. The van der Waals surface area contributed by atoms with Crippen LogP contribution in [0.1, 0.15) is 19.4 Å². The third kappa shape index (κ3) is 2.17. The Bertz CT molecular complexity index is 976. The Morgan fingerprint density at radius 2 is 2.04 bits per heavy atom. The van der Waals surface area contributed by atoms with E-state index in [4.69, 9.17) is 4.98 Å². The zero-order valence-corrected chi connectivity index (χ0v) is 14.5. The number of aliphatic hydroxyl groups excluding tert-OH is 1. The van der Waals surface area contributed by atoms with Crippen LogP contribution in [0.3, 0.4) is 0 Å². The molecule has 2 aromatic heterocycles. The number of amides is 1. The average Bonchev–Trinajstić information content (AvgIpc) is 3.03. The maximum absolute atomic E-state index is 12.7. The monoisotopic (exact) mass is 336 g/mol. The zero-order valence-electron chi connectivity index (χ0n) is 14.5. The number of imidazole rings is 1. The van der Waals surface area contributed by atoms with Gasteiger partial charge in [0.1, 0.15) is 5.69 Å². The highest BCUT2D eigenvalue weighted by atomic mass is 16.3. The zero-order chi connectivity index (χ0) is 17.8. The molecule has 1 N–H and O–H groups in total. The maximum Gasteiger partial charge on any atom is 0.237 e. The topological polar surface area (TPSA) is 71.2 Å². The molecule has 1 aliphatic heterocycles. The Hall–Kier alpha value is -2.73. The molecule has 0 bridgehead atoms. The molecule has 6 heteroatoms. The Morgan fingerprint density at radius 3 is 2.72 bits per heavy atom. The first-order valence-electron chi connectivity index (χ1n) is 8.30. The maximum atomic E-state index is 12.7. The van der Waals surface area contributed by atoms with Gasteiger partial charge in [0.05, 0.1) is 28.7 Å². The average molecular weight is 336 g/mol. The summed E-state index contributed by atoms with van der Waals surface area (Å²) in [5, 5.41) is 9.33. The molecule has 0 unspecified atom stereocenters. The Morgan fingerprint density at radius 1 is 1.24 bits per heavy atom. The summed E-state index contributed by atoms with van der Waals surface area (Å²) < 4.78 is 2.01. The van der Waals surface area contributed by atoms with Crippen LogP contribution in [0.25, 0.3) is 22.6 Å². The molecule has 0 radical (unpaired) electrons. The van der Waals surface area contributed by atoms with E-state index in [1.165, 1.54) is 0 Å². The number of carbonyl (C=O) groups excluding carboxylic acids is 1. The number of fused-ring (bicyclic) bond motifs is 2. The quantitative estimate of drug-likeness (QED) is 0.796. The summed E-state index contributed by atoms with van der Waals surface area (Å²) in [6.07, 6.45) is 1.75. The largest absolute Gasteiger partial charge is 0.395 e. The Kier molecular flexibility index (Phi) is 3.40. The van der Waals surface area contributed by atoms with E-state index in [1.807, 2.05) is 55.8 Å². The van der Waals surface area contributed by atoms with Crippen molar-refractivity contribution in [3.05, 3.63) is 42.1 Å². The smallest absolute Gasteiger partial charge is 0.237 e. The van der Waals surface area contributed by atoms with E-state index < -0.39 is 5.41 Å². The van der Waals surface area contributed by atoms with Crippen molar-refractivity contribution in [3.63, 3.8) is 0 Å². The first-order valence-corrected chi connectivity index (χ1v) is 8.30. The molecular formula is C19H20N4O2. The van der Waals surface area contributed by atoms with Crippen LogP contribution in [0.2, 0.25) is 0 Å². The van der Waals surface area contributed by atoms with E-state index in [9.17, 15) is 9.90 Å². The van der Waals surface area contributed by atoms with E-state index in [0.29, 0.717) is 6.54 Å². The lowest BCUT2D eigenvalue weighted by Crippen LogP contribution is -2.37. The molecule has 0 saturated heterocycles. The summed E-state index contributed by atoms with van der Waals surface area (Å²) in [5.41, 5.74) is 3.77. The number of carbonyl (C=O) groups is 1. The summed E-state index contributed by atoms with van der Waals surface area (Å²) >= 11 is 0. The molecule has 0 saturated carbocycles. The lowest BCUT2D eigenvalue weighted by Gasteiger charge is -2.19. The van der Waals surface area contributed by atoms with Crippen molar-refractivity contribution in [2.75, 3.05) is 18.1 Å². The van der Waals surface area contributed by atoms with Crippen LogP contribution < -0.4 is 4.90 Å². The van der Waals surface area contributed by atoms with E-state index >= 15 is 0 Å². The van der Waals surface area contributed by atoms with Crippen molar-refractivity contribution in [2.45, 2.75) is 19.3 Å². The number of nitrogens with zero attached hydrogens (tertiary/aromatic N) is 4. The van der Waals surface area contributed by atoms with Gasteiger partial charge in [-0.15, -0.1) is 0 Å². The molecular weight excluding hydrogens is 316 g/mol. The van der Waals surface area contributed by atoms with Gasteiger partial charge in [0.2, 0.25) is 5.91 Å². The minimum atomic E-state index is -0.617. The van der Waals surface area contributed by atoms with Crippen molar-refractivity contribution in [2.24, 2.45) is 7.05 Å². The molecule has 25 heavy (non-hydrogen) atoms. The fraction of sp³-hybridized carbons (Fsp3) is 0.316. The van der Waals surface area contributed by atoms with Gasteiger partial charge in [0.25, 0.3) is 0 Å². The van der Waals surface area contributed by atoms with Crippen LogP contribution in [-0.2, 0) is 17.3 Å². The minimum absolute atomic E-state index is 0.0109. The number of pyridine rings is 1. The first-order chi connectivity index (χ1) is 11.9. The fourth-order valence-corrected chi connectivity index (χ4v) is 3.56. The second kappa shape index (κ2) is 5.39. The number of hydrogen-bond donors (Lipinski definition) is 1. The molecule has 0 spiro atoms.